The lowest BCUT2D eigenvalue weighted by Gasteiger charge is -2.05. The van der Waals surface area contributed by atoms with E-state index >= 15 is 0 Å². The molecule has 2 nitrogen and oxygen atoms in total. The van der Waals surface area contributed by atoms with E-state index in [1.165, 1.54) is 0 Å². The van der Waals surface area contributed by atoms with Gasteiger partial charge in [-0.05, 0) is 40.5 Å². The van der Waals surface area contributed by atoms with E-state index in [9.17, 15) is 4.79 Å². The highest BCUT2D eigenvalue weighted by Crippen LogP contribution is 2.17. The fraction of sp³-hybridized carbons (Fsp3) is 0.300. The quantitative estimate of drug-likeness (QED) is 0.646. The van der Waals surface area contributed by atoms with E-state index in [-0.39, 0.29) is 5.91 Å². The first-order chi connectivity index (χ1) is 6.65. The van der Waals surface area contributed by atoms with Crippen LogP contribution in [0.3, 0.4) is 0 Å². The predicted octanol–water partition coefficient (Wildman–Crippen LogP) is 2.92. The van der Waals surface area contributed by atoms with Crippen LogP contribution in [0.2, 0.25) is 0 Å². The lowest BCUT2D eigenvalue weighted by atomic mass is 10.1. The molecule has 1 amide bonds. The van der Waals surface area contributed by atoms with Gasteiger partial charge in [-0.3, -0.25) is 4.79 Å². The van der Waals surface area contributed by atoms with Crippen molar-refractivity contribution in [2.75, 3.05) is 11.0 Å². The van der Waals surface area contributed by atoms with Gasteiger partial charge in [0, 0.05) is 15.4 Å². The van der Waals surface area contributed by atoms with Crippen molar-refractivity contribution < 1.29 is 4.79 Å². The van der Waals surface area contributed by atoms with Crippen molar-refractivity contribution in [1.29, 1.82) is 0 Å². The van der Waals surface area contributed by atoms with Crippen LogP contribution in [0, 0.1) is 6.92 Å². The van der Waals surface area contributed by atoms with Crippen LogP contribution >= 0.6 is 38.5 Å². The van der Waals surface area contributed by atoms with Gasteiger partial charge in [0.2, 0.25) is 0 Å². The number of benzene rings is 1. The van der Waals surface area contributed by atoms with Crippen LogP contribution in [-0.4, -0.2) is 16.9 Å². The Labute approximate surface area is 106 Å². The van der Waals surface area contributed by atoms with Gasteiger partial charge in [-0.25, -0.2) is 0 Å². The molecule has 0 atom stereocenters. The maximum atomic E-state index is 11.6. The zero-order valence-corrected chi connectivity index (χ0v) is 11.6. The van der Waals surface area contributed by atoms with Gasteiger partial charge in [0.15, 0.2) is 0 Å². The second kappa shape index (κ2) is 5.70. The average molecular weight is 368 g/mol. The van der Waals surface area contributed by atoms with Gasteiger partial charge in [0.05, 0.1) is 5.56 Å². The summed E-state index contributed by atoms with van der Waals surface area (Å²) in [7, 11) is 0. The van der Waals surface area contributed by atoms with Crippen molar-refractivity contribution in [3.63, 3.8) is 0 Å². The number of rotatable bonds is 3. The number of carbonyl (C=O) groups excluding carboxylic acids is 1. The van der Waals surface area contributed by atoms with Gasteiger partial charge < -0.3 is 5.32 Å². The van der Waals surface area contributed by atoms with Gasteiger partial charge >= 0.3 is 0 Å². The third-order valence-corrected chi connectivity index (χ3v) is 2.94. The lowest BCUT2D eigenvalue weighted by molar-refractivity contribution is 0.0955. The van der Waals surface area contributed by atoms with Crippen molar-refractivity contribution >= 4 is 44.4 Å². The normalized spacial score (nSPS) is 9.93. The molecule has 1 N–H and O–H groups in total. The summed E-state index contributed by atoms with van der Waals surface area (Å²) < 4.78 is 1.77. The van der Waals surface area contributed by atoms with Gasteiger partial charge in [-0.15, -0.1) is 0 Å². The number of carbonyl (C=O) groups is 1. The molecular formula is C10H11BrINO. The van der Waals surface area contributed by atoms with Gasteiger partial charge in [0.25, 0.3) is 5.91 Å². The first kappa shape index (κ1) is 12.0. The molecule has 4 heteroatoms. The zero-order valence-electron chi connectivity index (χ0n) is 7.81. The first-order valence-electron chi connectivity index (χ1n) is 4.25. The van der Waals surface area contributed by atoms with E-state index in [1.807, 2.05) is 25.1 Å². The van der Waals surface area contributed by atoms with Crippen LogP contribution in [0.4, 0.5) is 0 Å². The van der Waals surface area contributed by atoms with Crippen LogP contribution in [-0.2, 0) is 0 Å². The van der Waals surface area contributed by atoms with Crippen LogP contribution in [0.25, 0.3) is 0 Å². The van der Waals surface area contributed by atoms with Gasteiger partial charge in [-0.2, -0.15) is 0 Å². The smallest absolute Gasteiger partial charge is 0.252 e. The summed E-state index contributed by atoms with van der Waals surface area (Å²) in [5.74, 6) is -0.0199. The van der Waals surface area contributed by atoms with E-state index in [0.717, 1.165) is 14.5 Å². The Kier molecular flexibility index (Phi) is 4.88. The molecule has 0 bridgehead atoms. The van der Waals surface area contributed by atoms with E-state index in [2.05, 4.69) is 43.8 Å². The molecule has 0 aromatic heterocycles. The number of nitrogens with one attached hydrogen (secondary N) is 1. The topological polar surface area (TPSA) is 29.1 Å². The van der Waals surface area contributed by atoms with Gasteiger partial charge in [0.1, 0.15) is 0 Å². The average Bonchev–Trinajstić information content (AvgIpc) is 2.14. The Bertz CT molecular complexity index is 341. The van der Waals surface area contributed by atoms with Crippen LogP contribution in [0.5, 0.6) is 0 Å². The molecule has 14 heavy (non-hydrogen) atoms. The Balaban J connectivity index is 2.80. The minimum atomic E-state index is -0.0199. The van der Waals surface area contributed by atoms with Crippen molar-refractivity contribution in [3.05, 3.63) is 33.8 Å². The summed E-state index contributed by atoms with van der Waals surface area (Å²) in [6.45, 7) is 2.71. The molecule has 0 aliphatic carbocycles. The fourth-order valence-corrected chi connectivity index (χ4v) is 2.00. The SMILES string of the molecule is Cc1ccc(C(=O)NCCI)c(Br)c1. The highest BCUT2D eigenvalue weighted by atomic mass is 127. The Hall–Kier alpha value is -0.100. The monoisotopic (exact) mass is 367 g/mol. The molecule has 0 fully saturated rings. The highest BCUT2D eigenvalue weighted by Gasteiger charge is 2.08. The summed E-state index contributed by atoms with van der Waals surface area (Å²) in [6, 6.07) is 5.71. The van der Waals surface area contributed by atoms with E-state index in [1.54, 1.807) is 0 Å². The van der Waals surface area contributed by atoms with Crippen LogP contribution in [0.15, 0.2) is 22.7 Å². The largest absolute Gasteiger partial charge is 0.351 e. The lowest BCUT2D eigenvalue weighted by Crippen LogP contribution is -2.25. The molecule has 0 radical (unpaired) electrons. The van der Waals surface area contributed by atoms with Crippen molar-refractivity contribution in [2.45, 2.75) is 6.92 Å². The molecule has 0 aliphatic heterocycles. The number of alkyl halides is 1. The molecule has 1 rings (SSSR count). The van der Waals surface area contributed by atoms with Crippen LogP contribution in [0.1, 0.15) is 15.9 Å². The number of hydrogen-bond donors (Lipinski definition) is 1. The maximum Gasteiger partial charge on any atom is 0.252 e. The minimum Gasteiger partial charge on any atom is -0.351 e. The summed E-state index contributed by atoms with van der Waals surface area (Å²) >= 11 is 5.60. The van der Waals surface area contributed by atoms with Crippen molar-refractivity contribution in [3.8, 4) is 0 Å². The third-order valence-electron chi connectivity index (χ3n) is 1.75. The van der Waals surface area contributed by atoms with Crippen molar-refractivity contribution in [2.24, 2.45) is 0 Å². The standard InChI is InChI=1S/C10H11BrINO/c1-7-2-3-8(9(11)6-7)10(14)13-5-4-12/h2-3,6H,4-5H2,1H3,(H,13,14). The Morgan fingerprint density at radius 2 is 2.29 bits per heavy atom. The molecule has 1 aromatic carbocycles. The zero-order chi connectivity index (χ0) is 10.6. The van der Waals surface area contributed by atoms with Crippen LogP contribution < -0.4 is 5.32 Å². The highest BCUT2D eigenvalue weighted by molar-refractivity contribution is 14.1. The minimum absolute atomic E-state index is 0.0199. The maximum absolute atomic E-state index is 11.6. The molecular weight excluding hydrogens is 357 g/mol. The number of halogens is 2. The molecule has 0 heterocycles. The second-order valence-electron chi connectivity index (χ2n) is 2.93. The van der Waals surface area contributed by atoms with Crippen molar-refractivity contribution in [1.82, 2.24) is 5.32 Å². The fourth-order valence-electron chi connectivity index (χ4n) is 1.06. The molecule has 0 unspecified atom stereocenters. The Morgan fingerprint density at radius 3 is 2.86 bits per heavy atom. The molecule has 0 saturated heterocycles. The summed E-state index contributed by atoms with van der Waals surface area (Å²) in [6.07, 6.45) is 0. The summed E-state index contributed by atoms with van der Waals surface area (Å²) in [5, 5.41) is 2.83. The number of amides is 1. The second-order valence-corrected chi connectivity index (χ2v) is 4.86. The Morgan fingerprint density at radius 1 is 1.57 bits per heavy atom. The molecule has 0 aliphatic rings. The summed E-state index contributed by atoms with van der Waals surface area (Å²) in [5.41, 5.74) is 1.84. The third kappa shape index (κ3) is 3.24. The number of aryl methyl sites for hydroxylation is 1. The molecule has 0 saturated carbocycles. The first-order valence-corrected chi connectivity index (χ1v) is 6.57. The molecule has 76 valence electrons. The van der Waals surface area contributed by atoms with E-state index < -0.39 is 0 Å². The molecule has 1 aromatic rings. The van der Waals surface area contributed by atoms with Gasteiger partial charge in [-0.1, -0.05) is 28.7 Å². The van der Waals surface area contributed by atoms with E-state index in [0.29, 0.717) is 12.1 Å². The molecule has 0 spiro atoms. The van der Waals surface area contributed by atoms with E-state index in [4.69, 9.17) is 0 Å². The number of hydrogen-bond acceptors (Lipinski definition) is 1. The predicted molar refractivity (Wildman–Crippen MR) is 70.1 cm³/mol. The summed E-state index contributed by atoms with van der Waals surface area (Å²) in [4.78, 5) is 11.6.